The van der Waals surface area contributed by atoms with Crippen LogP contribution in [-0.2, 0) is 5.41 Å². The van der Waals surface area contributed by atoms with Crippen molar-refractivity contribution in [2.75, 3.05) is 19.0 Å². The Morgan fingerprint density at radius 1 is 0.906 bits per heavy atom. The highest BCUT2D eigenvalue weighted by Crippen LogP contribution is 2.51. The third-order valence-corrected chi connectivity index (χ3v) is 6.11. The molecule has 1 N–H and O–H groups in total. The first-order valence-electron chi connectivity index (χ1n) is 10.6. The highest BCUT2D eigenvalue weighted by atomic mass is 16.5. The standard InChI is InChI=1S/C27H25N3O2/c1-27(2)20-9-6-10-23(31)25(20)26-21(27)11-12-22(29-26)17-7-5-8-19(15-17)32-24-16-18(30(3)4)13-14-28-24/h5-16,31H,1-4H3. The van der Waals surface area contributed by atoms with Gasteiger partial charge in [0.15, 0.2) is 0 Å². The lowest BCUT2D eigenvalue weighted by molar-refractivity contribution is 0.463. The third kappa shape index (κ3) is 3.26. The van der Waals surface area contributed by atoms with Gasteiger partial charge >= 0.3 is 0 Å². The highest BCUT2D eigenvalue weighted by Gasteiger charge is 2.38. The van der Waals surface area contributed by atoms with E-state index in [4.69, 9.17) is 9.72 Å². The molecule has 0 saturated carbocycles. The van der Waals surface area contributed by atoms with Crippen LogP contribution in [0.1, 0.15) is 25.0 Å². The zero-order chi connectivity index (χ0) is 22.5. The van der Waals surface area contributed by atoms with Crippen LogP contribution in [-0.4, -0.2) is 29.2 Å². The van der Waals surface area contributed by atoms with Crippen LogP contribution in [0, 0.1) is 0 Å². The van der Waals surface area contributed by atoms with Gasteiger partial charge < -0.3 is 14.7 Å². The van der Waals surface area contributed by atoms with Crippen molar-refractivity contribution in [2.24, 2.45) is 0 Å². The lowest BCUT2D eigenvalue weighted by Crippen LogP contribution is -2.14. The van der Waals surface area contributed by atoms with Gasteiger partial charge in [-0.1, -0.05) is 44.2 Å². The normalized spacial score (nSPS) is 13.4. The largest absolute Gasteiger partial charge is 0.507 e. The Balaban J connectivity index is 1.52. The zero-order valence-corrected chi connectivity index (χ0v) is 18.6. The van der Waals surface area contributed by atoms with Gasteiger partial charge in [0, 0.05) is 48.6 Å². The minimum atomic E-state index is -0.205. The Morgan fingerprint density at radius 3 is 2.53 bits per heavy atom. The molecule has 0 amide bonds. The van der Waals surface area contributed by atoms with E-state index in [1.54, 1.807) is 12.3 Å². The molecular weight excluding hydrogens is 398 g/mol. The van der Waals surface area contributed by atoms with Gasteiger partial charge in [-0.25, -0.2) is 9.97 Å². The summed E-state index contributed by atoms with van der Waals surface area (Å²) in [6.45, 7) is 4.34. The van der Waals surface area contributed by atoms with E-state index in [2.05, 4.69) is 31.0 Å². The Morgan fingerprint density at radius 2 is 1.72 bits per heavy atom. The van der Waals surface area contributed by atoms with Crippen molar-refractivity contribution in [1.29, 1.82) is 0 Å². The molecule has 0 aliphatic heterocycles. The van der Waals surface area contributed by atoms with E-state index in [0.717, 1.165) is 39.3 Å². The number of phenolic OH excluding ortho intramolecular Hbond substituents is 1. The third-order valence-electron chi connectivity index (χ3n) is 6.11. The minimum Gasteiger partial charge on any atom is -0.507 e. The molecule has 5 heteroatoms. The highest BCUT2D eigenvalue weighted by molar-refractivity contribution is 5.83. The van der Waals surface area contributed by atoms with Crippen LogP contribution in [0.4, 0.5) is 5.69 Å². The number of rotatable bonds is 4. The Bertz CT molecular complexity index is 1330. The van der Waals surface area contributed by atoms with Gasteiger partial charge in [-0.3, -0.25) is 0 Å². The SMILES string of the molecule is CN(C)c1ccnc(Oc2cccc(-c3ccc4c(n3)-c3c(O)cccc3C4(C)C)c2)c1. The zero-order valence-electron chi connectivity index (χ0n) is 18.6. The number of hydrogen-bond acceptors (Lipinski definition) is 5. The summed E-state index contributed by atoms with van der Waals surface area (Å²) >= 11 is 0. The maximum atomic E-state index is 10.6. The number of nitrogens with zero attached hydrogens (tertiary/aromatic N) is 3. The molecule has 1 aliphatic carbocycles. The summed E-state index contributed by atoms with van der Waals surface area (Å²) in [6.07, 6.45) is 1.74. The fraction of sp³-hybridized carbons (Fsp3) is 0.185. The molecule has 0 bridgehead atoms. The van der Waals surface area contributed by atoms with Crippen LogP contribution in [0.25, 0.3) is 22.5 Å². The van der Waals surface area contributed by atoms with Crippen LogP contribution < -0.4 is 9.64 Å². The van der Waals surface area contributed by atoms with Crippen LogP contribution in [0.15, 0.2) is 72.9 Å². The summed E-state index contributed by atoms with van der Waals surface area (Å²) < 4.78 is 6.03. The average Bonchev–Trinajstić information content (AvgIpc) is 3.02. The molecular formula is C27H25N3O2. The molecule has 0 fully saturated rings. The van der Waals surface area contributed by atoms with Crippen molar-refractivity contribution in [3.8, 4) is 39.9 Å². The molecule has 2 aromatic heterocycles. The average molecular weight is 424 g/mol. The Hall–Kier alpha value is -3.86. The van der Waals surface area contributed by atoms with E-state index in [-0.39, 0.29) is 11.2 Å². The number of aromatic hydroxyl groups is 1. The molecule has 1 aliphatic rings. The summed E-state index contributed by atoms with van der Waals surface area (Å²) in [5.41, 5.74) is 6.47. The van der Waals surface area contributed by atoms with Crippen LogP contribution in [0.5, 0.6) is 17.4 Å². The lowest BCUT2D eigenvalue weighted by Gasteiger charge is -2.21. The van der Waals surface area contributed by atoms with E-state index >= 15 is 0 Å². The second kappa shape index (κ2) is 7.38. The first-order chi connectivity index (χ1) is 15.3. The first kappa shape index (κ1) is 20.1. The predicted molar refractivity (Wildman–Crippen MR) is 128 cm³/mol. The number of fused-ring (bicyclic) bond motifs is 3. The van der Waals surface area contributed by atoms with Crippen LogP contribution in [0.3, 0.4) is 0 Å². The second-order valence-electron chi connectivity index (χ2n) is 8.79. The Kier molecular flexibility index (Phi) is 4.63. The molecule has 0 atom stereocenters. The van der Waals surface area contributed by atoms with Crippen molar-refractivity contribution in [2.45, 2.75) is 19.3 Å². The van der Waals surface area contributed by atoms with E-state index in [1.807, 2.05) is 67.5 Å². The van der Waals surface area contributed by atoms with Gasteiger partial charge in [-0.2, -0.15) is 0 Å². The smallest absolute Gasteiger partial charge is 0.221 e. The van der Waals surface area contributed by atoms with E-state index in [1.165, 1.54) is 0 Å². The molecule has 160 valence electrons. The maximum Gasteiger partial charge on any atom is 0.221 e. The van der Waals surface area contributed by atoms with Crippen LogP contribution in [0.2, 0.25) is 0 Å². The molecule has 5 nitrogen and oxygen atoms in total. The molecule has 4 aromatic rings. The molecule has 0 radical (unpaired) electrons. The summed E-state index contributed by atoms with van der Waals surface area (Å²) in [7, 11) is 3.97. The summed E-state index contributed by atoms with van der Waals surface area (Å²) in [4.78, 5) is 11.3. The number of ether oxygens (including phenoxy) is 1. The molecule has 32 heavy (non-hydrogen) atoms. The van der Waals surface area contributed by atoms with E-state index < -0.39 is 0 Å². The van der Waals surface area contributed by atoms with Gasteiger partial charge in [0.1, 0.15) is 11.5 Å². The summed E-state index contributed by atoms with van der Waals surface area (Å²) in [5.74, 6) is 1.50. The topological polar surface area (TPSA) is 58.5 Å². The van der Waals surface area contributed by atoms with Crippen molar-refractivity contribution in [3.05, 3.63) is 84.1 Å². The van der Waals surface area contributed by atoms with Gasteiger partial charge in [0.2, 0.25) is 5.88 Å². The van der Waals surface area contributed by atoms with Gasteiger partial charge in [-0.15, -0.1) is 0 Å². The summed E-state index contributed by atoms with van der Waals surface area (Å²) in [6, 6.07) is 21.5. The van der Waals surface area contributed by atoms with E-state index in [9.17, 15) is 5.11 Å². The fourth-order valence-electron chi connectivity index (χ4n) is 4.34. The summed E-state index contributed by atoms with van der Waals surface area (Å²) in [5, 5.41) is 10.6. The lowest BCUT2D eigenvalue weighted by atomic mass is 9.83. The van der Waals surface area contributed by atoms with Crippen LogP contribution >= 0.6 is 0 Å². The van der Waals surface area contributed by atoms with Gasteiger partial charge in [0.05, 0.1) is 11.4 Å². The molecule has 0 spiro atoms. The molecule has 5 rings (SSSR count). The van der Waals surface area contributed by atoms with Crippen molar-refractivity contribution < 1.29 is 9.84 Å². The predicted octanol–water partition coefficient (Wildman–Crippen LogP) is 6.01. The molecule has 0 saturated heterocycles. The van der Waals surface area contributed by atoms with Gasteiger partial charge in [-0.05, 0) is 41.5 Å². The fourth-order valence-corrected chi connectivity index (χ4v) is 4.34. The number of benzene rings is 2. The van der Waals surface area contributed by atoms with Crippen molar-refractivity contribution in [3.63, 3.8) is 0 Å². The molecule has 2 heterocycles. The maximum absolute atomic E-state index is 10.6. The monoisotopic (exact) mass is 423 g/mol. The quantitative estimate of drug-likeness (QED) is 0.435. The number of pyridine rings is 2. The van der Waals surface area contributed by atoms with Crippen molar-refractivity contribution in [1.82, 2.24) is 9.97 Å². The van der Waals surface area contributed by atoms with Crippen molar-refractivity contribution >= 4 is 5.69 Å². The first-order valence-corrected chi connectivity index (χ1v) is 10.6. The number of anilines is 1. The Labute approximate surface area is 188 Å². The second-order valence-corrected chi connectivity index (χ2v) is 8.79. The number of hydrogen-bond donors (Lipinski definition) is 1. The van der Waals surface area contributed by atoms with Gasteiger partial charge in [0.25, 0.3) is 0 Å². The van der Waals surface area contributed by atoms with E-state index in [0.29, 0.717) is 11.6 Å². The molecule has 2 aromatic carbocycles. The number of phenols is 1. The number of aromatic nitrogens is 2. The molecule has 0 unspecified atom stereocenters. The minimum absolute atomic E-state index is 0.205.